The van der Waals surface area contributed by atoms with Crippen molar-refractivity contribution in [2.24, 2.45) is 10.9 Å². The second kappa shape index (κ2) is 11.9. The highest BCUT2D eigenvalue weighted by molar-refractivity contribution is 14.0. The van der Waals surface area contributed by atoms with Crippen LogP contribution in [-0.4, -0.2) is 88.4 Å². The number of aliphatic imine (C=N–C) groups is 1. The molecule has 2 aliphatic rings. The Morgan fingerprint density at radius 3 is 2.60 bits per heavy atom. The number of carbonyl (C=O) groups excluding carboxylic acids is 1. The standard InChI is InChI=1S/C17H32N4O3.HI/c1-20(2)16(22)11-19-17(18-10-15-6-4-5-8-24-15)21(3)12-14-7-9-23-13-14;/h14-15H,4-13H2,1-3H3,(H,18,19);1H. The van der Waals surface area contributed by atoms with E-state index in [0.29, 0.717) is 5.92 Å². The third-order valence-electron chi connectivity index (χ3n) is 4.54. The first-order valence-corrected chi connectivity index (χ1v) is 8.95. The topological polar surface area (TPSA) is 66.4 Å². The van der Waals surface area contributed by atoms with Crippen molar-refractivity contribution >= 4 is 35.8 Å². The SMILES string of the molecule is CN(C)C(=O)CN=C(NCC1CCCCO1)N(C)CC1CCOC1.I. The Balaban J connectivity index is 0.00000312. The molecule has 2 fully saturated rings. The van der Waals surface area contributed by atoms with E-state index in [1.54, 1.807) is 19.0 Å². The van der Waals surface area contributed by atoms with Crippen molar-refractivity contribution < 1.29 is 14.3 Å². The molecule has 2 rings (SSSR count). The van der Waals surface area contributed by atoms with Gasteiger partial charge in [0, 0.05) is 53.4 Å². The van der Waals surface area contributed by atoms with E-state index < -0.39 is 0 Å². The van der Waals surface area contributed by atoms with Crippen molar-refractivity contribution in [3.63, 3.8) is 0 Å². The number of likely N-dealkylation sites (N-methyl/N-ethyl adjacent to an activating group) is 1. The predicted octanol–water partition coefficient (Wildman–Crippen LogP) is 1.18. The predicted molar refractivity (Wildman–Crippen MR) is 110 cm³/mol. The first kappa shape index (κ1) is 22.4. The van der Waals surface area contributed by atoms with Crippen molar-refractivity contribution in [1.82, 2.24) is 15.1 Å². The summed E-state index contributed by atoms with van der Waals surface area (Å²) in [7, 11) is 5.52. The number of nitrogens with one attached hydrogen (secondary N) is 1. The number of amides is 1. The molecule has 1 amide bonds. The van der Waals surface area contributed by atoms with E-state index in [4.69, 9.17) is 9.47 Å². The zero-order valence-electron chi connectivity index (χ0n) is 15.7. The Morgan fingerprint density at radius 2 is 2.00 bits per heavy atom. The number of guanidine groups is 1. The van der Waals surface area contributed by atoms with Crippen LogP contribution < -0.4 is 5.32 Å². The van der Waals surface area contributed by atoms with Crippen LogP contribution in [0.2, 0.25) is 0 Å². The van der Waals surface area contributed by atoms with Crippen LogP contribution in [0.3, 0.4) is 0 Å². The van der Waals surface area contributed by atoms with E-state index in [0.717, 1.165) is 58.1 Å². The molecule has 0 aromatic rings. The molecule has 0 bridgehead atoms. The third-order valence-corrected chi connectivity index (χ3v) is 4.54. The van der Waals surface area contributed by atoms with Gasteiger partial charge in [-0.25, -0.2) is 4.99 Å². The Kier molecular flexibility index (Phi) is 10.7. The number of rotatable bonds is 6. The molecule has 2 atom stereocenters. The highest BCUT2D eigenvalue weighted by atomic mass is 127. The lowest BCUT2D eigenvalue weighted by molar-refractivity contribution is -0.127. The van der Waals surface area contributed by atoms with Gasteiger partial charge in [0.1, 0.15) is 6.54 Å². The minimum atomic E-state index is 0. The van der Waals surface area contributed by atoms with Crippen LogP contribution in [0.4, 0.5) is 0 Å². The highest BCUT2D eigenvalue weighted by Gasteiger charge is 2.21. The minimum Gasteiger partial charge on any atom is -0.381 e. The summed E-state index contributed by atoms with van der Waals surface area (Å²) in [5.74, 6) is 1.30. The molecular weight excluding hydrogens is 435 g/mol. The molecule has 1 N–H and O–H groups in total. The number of hydrogen-bond donors (Lipinski definition) is 1. The minimum absolute atomic E-state index is 0. The lowest BCUT2D eigenvalue weighted by Crippen LogP contribution is -2.45. The molecule has 25 heavy (non-hydrogen) atoms. The molecule has 2 saturated heterocycles. The largest absolute Gasteiger partial charge is 0.381 e. The molecule has 0 spiro atoms. The fourth-order valence-corrected chi connectivity index (χ4v) is 2.97. The van der Waals surface area contributed by atoms with Crippen molar-refractivity contribution in [1.29, 1.82) is 0 Å². The van der Waals surface area contributed by atoms with Gasteiger partial charge in [-0.15, -0.1) is 24.0 Å². The number of halogens is 1. The van der Waals surface area contributed by atoms with Gasteiger partial charge in [0.15, 0.2) is 5.96 Å². The second-order valence-electron chi connectivity index (χ2n) is 6.91. The van der Waals surface area contributed by atoms with E-state index in [9.17, 15) is 4.79 Å². The molecule has 0 radical (unpaired) electrons. The Hall–Kier alpha value is -0.610. The van der Waals surface area contributed by atoms with Gasteiger partial charge in [-0.2, -0.15) is 0 Å². The van der Waals surface area contributed by atoms with Gasteiger partial charge in [0.25, 0.3) is 0 Å². The second-order valence-corrected chi connectivity index (χ2v) is 6.91. The van der Waals surface area contributed by atoms with Gasteiger partial charge in [-0.05, 0) is 25.7 Å². The monoisotopic (exact) mass is 468 g/mol. The first-order valence-electron chi connectivity index (χ1n) is 8.95. The van der Waals surface area contributed by atoms with E-state index in [-0.39, 0.29) is 42.5 Å². The third kappa shape index (κ3) is 8.08. The molecule has 0 aromatic heterocycles. The Bertz CT molecular complexity index is 422. The summed E-state index contributed by atoms with van der Waals surface area (Å²) in [4.78, 5) is 20.0. The molecule has 7 nitrogen and oxygen atoms in total. The molecule has 0 saturated carbocycles. The summed E-state index contributed by atoms with van der Waals surface area (Å²) < 4.78 is 11.2. The quantitative estimate of drug-likeness (QED) is 0.360. The normalized spacial score (nSPS) is 23.7. The van der Waals surface area contributed by atoms with Crippen LogP contribution in [0.15, 0.2) is 4.99 Å². The van der Waals surface area contributed by atoms with E-state index >= 15 is 0 Å². The number of nitrogens with zero attached hydrogens (tertiary/aromatic N) is 3. The molecule has 0 aliphatic carbocycles. The van der Waals surface area contributed by atoms with E-state index in [2.05, 4.69) is 15.2 Å². The van der Waals surface area contributed by atoms with Crippen molar-refractivity contribution in [3.8, 4) is 0 Å². The molecular formula is C17H33IN4O3. The Morgan fingerprint density at radius 1 is 1.20 bits per heavy atom. The van der Waals surface area contributed by atoms with E-state index in [1.165, 1.54) is 6.42 Å². The van der Waals surface area contributed by atoms with Gasteiger partial charge in [-0.3, -0.25) is 4.79 Å². The van der Waals surface area contributed by atoms with Crippen LogP contribution in [0.5, 0.6) is 0 Å². The van der Waals surface area contributed by atoms with Crippen LogP contribution in [0.25, 0.3) is 0 Å². The maximum atomic E-state index is 11.8. The van der Waals surface area contributed by atoms with E-state index in [1.807, 2.05) is 7.05 Å². The molecule has 2 unspecified atom stereocenters. The van der Waals surface area contributed by atoms with Gasteiger partial charge in [0.05, 0.1) is 12.7 Å². The number of hydrogen-bond acceptors (Lipinski definition) is 4. The highest BCUT2D eigenvalue weighted by Crippen LogP contribution is 2.14. The first-order chi connectivity index (χ1) is 11.6. The summed E-state index contributed by atoms with van der Waals surface area (Å²) >= 11 is 0. The molecule has 146 valence electrons. The average Bonchev–Trinajstić information content (AvgIpc) is 3.08. The molecule has 2 aliphatic heterocycles. The zero-order chi connectivity index (χ0) is 17.4. The van der Waals surface area contributed by atoms with Gasteiger partial charge in [-0.1, -0.05) is 0 Å². The van der Waals surface area contributed by atoms with Crippen molar-refractivity contribution in [3.05, 3.63) is 0 Å². The summed E-state index contributed by atoms with van der Waals surface area (Å²) in [5.41, 5.74) is 0. The van der Waals surface area contributed by atoms with Gasteiger partial charge in [0.2, 0.25) is 5.91 Å². The maximum Gasteiger partial charge on any atom is 0.243 e. The van der Waals surface area contributed by atoms with Gasteiger partial charge < -0.3 is 24.6 Å². The fourth-order valence-electron chi connectivity index (χ4n) is 2.97. The lowest BCUT2D eigenvalue weighted by atomic mass is 10.1. The van der Waals surface area contributed by atoms with Gasteiger partial charge >= 0.3 is 0 Å². The van der Waals surface area contributed by atoms with Crippen molar-refractivity contribution in [2.45, 2.75) is 31.8 Å². The lowest BCUT2D eigenvalue weighted by Gasteiger charge is -2.28. The molecule has 8 heteroatoms. The Labute approximate surface area is 168 Å². The fraction of sp³-hybridized carbons (Fsp3) is 0.882. The van der Waals surface area contributed by atoms with Crippen LogP contribution >= 0.6 is 24.0 Å². The number of carbonyl (C=O) groups is 1. The number of ether oxygens (including phenoxy) is 2. The summed E-state index contributed by atoms with van der Waals surface area (Å²) in [6, 6.07) is 0. The smallest absolute Gasteiger partial charge is 0.243 e. The summed E-state index contributed by atoms with van der Waals surface area (Å²) in [5, 5.41) is 3.40. The van der Waals surface area contributed by atoms with Crippen LogP contribution in [0.1, 0.15) is 25.7 Å². The average molecular weight is 468 g/mol. The molecule has 0 aromatic carbocycles. The van der Waals surface area contributed by atoms with Crippen LogP contribution in [-0.2, 0) is 14.3 Å². The summed E-state index contributed by atoms with van der Waals surface area (Å²) in [6.45, 7) is 4.26. The zero-order valence-corrected chi connectivity index (χ0v) is 18.0. The van der Waals surface area contributed by atoms with Crippen LogP contribution in [0, 0.1) is 5.92 Å². The molecule has 2 heterocycles. The maximum absolute atomic E-state index is 11.8. The van der Waals surface area contributed by atoms with Crippen molar-refractivity contribution in [2.75, 3.05) is 60.6 Å². The summed E-state index contributed by atoms with van der Waals surface area (Å²) in [6.07, 6.45) is 4.76.